The fraction of sp³-hybridized carbons (Fsp3) is 0. The van der Waals surface area contributed by atoms with Gasteiger partial charge in [0.05, 0.1) is 0 Å². The molecule has 0 spiro atoms. The largest absolute Gasteiger partial charge is 0.368 e. The van der Waals surface area contributed by atoms with Gasteiger partial charge in [0.2, 0.25) is 0 Å². The molecule has 56 valence electrons. The van der Waals surface area contributed by atoms with Crippen molar-refractivity contribution in [1.29, 1.82) is 0 Å². The Bertz CT molecular complexity index is 205. The minimum absolute atomic E-state index is 1.88. The molecule has 1 heterocycles. The second-order valence-electron chi connectivity index (χ2n) is 2.04. The molecule has 1 aliphatic heterocycles. The fourth-order valence-corrected chi connectivity index (χ4v) is 0.663. The van der Waals surface area contributed by atoms with E-state index in [9.17, 15) is 0 Å². The van der Waals surface area contributed by atoms with Crippen molar-refractivity contribution in [2.24, 2.45) is 0 Å². The van der Waals surface area contributed by atoms with Gasteiger partial charge in [0.1, 0.15) is 0 Å². The predicted octanol–water partition coefficient (Wildman–Crippen LogP) is 2.29. The summed E-state index contributed by atoms with van der Waals surface area (Å²) in [6, 6.07) is 0. The number of nitrogens with one attached hydrogen (secondary N) is 1. The molecular formula is C10H11N. The first-order valence-corrected chi connectivity index (χ1v) is 3.58. The summed E-state index contributed by atoms with van der Waals surface area (Å²) in [5, 5.41) is 2.99. The Kier molecular flexibility index (Phi) is 3.66. The summed E-state index contributed by atoms with van der Waals surface area (Å²) in [5.41, 5.74) is 0. The van der Waals surface area contributed by atoms with Crippen molar-refractivity contribution in [2.45, 2.75) is 0 Å². The summed E-state index contributed by atoms with van der Waals surface area (Å²) in [5.74, 6) is 0. The molecule has 0 aromatic carbocycles. The molecular weight excluding hydrogens is 134 g/mol. The maximum absolute atomic E-state index is 2.99. The maximum atomic E-state index is 2.99. The van der Waals surface area contributed by atoms with E-state index in [2.05, 4.69) is 5.32 Å². The highest BCUT2D eigenvalue weighted by molar-refractivity contribution is 5.18. The molecule has 1 N–H and O–H groups in total. The van der Waals surface area contributed by atoms with Gasteiger partial charge >= 0.3 is 0 Å². The molecule has 1 nitrogen and oxygen atoms in total. The molecule has 1 rings (SSSR count). The Morgan fingerprint density at radius 3 is 1.27 bits per heavy atom. The molecule has 0 saturated heterocycles. The monoisotopic (exact) mass is 145 g/mol. The van der Waals surface area contributed by atoms with Crippen LogP contribution >= 0.6 is 0 Å². The number of allylic oxidation sites excluding steroid dienone is 8. The van der Waals surface area contributed by atoms with E-state index < -0.39 is 0 Å². The van der Waals surface area contributed by atoms with Gasteiger partial charge in [-0.2, -0.15) is 0 Å². The standard InChI is InChI=1S/C10H11N/c1-2-4-6-8-10-11-9-7-5-3-1/h1-11H/b2-1+,5-3-,6-4+,9-7?,10-8?. The predicted molar refractivity (Wildman–Crippen MR) is 48.8 cm³/mol. The molecule has 0 fully saturated rings. The van der Waals surface area contributed by atoms with Gasteiger partial charge in [-0.1, -0.05) is 36.5 Å². The summed E-state index contributed by atoms with van der Waals surface area (Å²) in [4.78, 5) is 0. The molecule has 11 heavy (non-hydrogen) atoms. The van der Waals surface area contributed by atoms with Gasteiger partial charge in [0.15, 0.2) is 0 Å². The molecule has 0 aliphatic carbocycles. The average molecular weight is 145 g/mol. The lowest BCUT2D eigenvalue weighted by Gasteiger charge is -1.83. The van der Waals surface area contributed by atoms with Crippen LogP contribution in [0.4, 0.5) is 0 Å². The van der Waals surface area contributed by atoms with E-state index >= 15 is 0 Å². The number of hydrogen-bond donors (Lipinski definition) is 1. The van der Waals surface area contributed by atoms with E-state index in [1.54, 1.807) is 0 Å². The van der Waals surface area contributed by atoms with Gasteiger partial charge < -0.3 is 5.32 Å². The quantitative estimate of drug-likeness (QED) is 0.551. The van der Waals surface area contributed by atoms with E-state index in [0.717, 1.165) is 0 Å². The molecule has 0 aromatic heterocycles. The van der Waals surface area contributed by atoms with Gasteiger partial charge in [0.25, 0.3) is 0 Å². The first-order valence-electron chi connectivity index (χ1n) is 3.58. The van der Waals surface area contributed by atoms with Crippen LogP contribution < -0.4 is 5.32 Å². The highest BCUT2D eigenvalue weighted by Gasteiger charge is 1.67. The molecule has 0 bridgehead atoms. The number of rotatable bonds is 0. The van der Waals surface area contributed by atoms with Crippen molar-refractivity contribution < 1.29 is 0 Å². The summed E-state index contributed by atoms with van der Waals surface area (Å²) >= 11 is 0. The normalized spacial score (nSPS) is 24.7. The lowest BCUT2D eigenvalue weighted by Crippen LogP contribution is -1.89. The summed E-state index contributed by atoms with van der Waals surface area (Å²) in [6.07, 6.45) is 19.5. The average Bonchev–Trinajstić information content (AvgIpc) is 2.08. The van der Waals surface area contributed by atoms with Crippen molar-refractivity contribution in [3.05, 3.63) is 61.0 Å². The first kappa shape index (κ1) is 7.61. The van der Waals surface area contributed by atoms with E-state index in [-0.39, 0.29) is 0 Å². The van der Waals surface area contributed by atoms with Gasteiger partial charge in [-0.25, -0.2) is 0 Å². The first-order chi connectivity index (χ1) is 5.50. The maximum Gasteiger partial charge on any atom is 0.000442 e. The van der Waals surface area contributed by atoms with Crippen LogP contribution in [0.15, 0.2) is 61.0 Å². The van der Waals surface area contributed by atoms with Crippen LogP contribution in [0.1, 0.15) is 0 Å². The molecule has 0 atom stereocenters. The molecule has 1 heteroatoms. The van der Waals surface area contributed by atoms with E-state index in [1.807, 2.05) is 61.0 Å². The lowest BCUT2D eigenvalue weighted by atomic mass is 10.4. The Hall–Kier alpha value is -1.50. The highest BCUT2D eigenvalue weighted by Crippen LogP contribution is 1.84. The Morgan fingerprint density at radius 1 is 0.455 bits per heavy atom. The van der Waals surface area contributed by atoms with Crippen LogP contribution in [0.5, 0.6) is 0 Å². The minimum atomic E-state index is 1.88. The van der Waals surface area contributed by atoms with Crippen LogP contribution in [-0.4, -0.2) is 0 Å². The summed E-state index contributed by atoms with van der Waals surface area (Å²) < 4.78 is 0. The molecule has 1 aliphatic rings. The van der Waals surface area contributed by atoms with Crippen molar-refractivity contribution in [3.63, 3.8) is 0 Å². The zero-order valence-electron chi connectivity index (χ0n) is 6.27. The van der Waals surface area contributed by atoms with Crippen LogP contribution in [0.25, 0.3) is 0 Å². The van der Waals surface area contributed by atoms with Crippen LogP contribution in [0.2, 0.25) is 0 Å². The van der Waals surface area contributed by atoms with Gasteiger partial charge in [-0.05, 0) is 12.2 Å². The SMILES string of the molecule is C1=CNC=C/C=C/C=C/C=C\1. The number of hydrogen-bond acceptors (Lipinski definition) is 1. The van der Waals surface area contributed by atoms with Gasteiger partial charge in [-0.15, -0.1) is 0 Å². The van der Waals surface area contributed by atoms with Gasteiger partial charge in [-0.3, -0.25) is 0 Å². The van der Waals surface area contributed by atoms with E-state index in [4.69, 9.17) is 0 Å². The van der Waals surface area contributed by atoms with Crippen molar-refractivity contribution in [2.75, 3.05) is 0 Å². The third kappa shape index (κ3) is 3.98. The van der Waals surface area contributed by atoms with E-state index in [0.29, 0.717) is 0 Å². The molecule has 0 aromatic rings. The van der Waals surface area contributed by atoms with Crippen LogP contribution in [-0.2, 0) is 0 Å². The third-order valence-corrected chi connectivity index (χ3v) is 1.16. The summed E-state index contributed by atoms with van der Waals surface area (Å²) in [7, 11) is 0. The van der Waals surface area contributed by atoms with Crippen LogP contribution in [0.3, 0.4) is 0 Å². The fourth-order valence-electron chi connectivity index (χ4n) is 0.663. The molecule has 0 saturated carbocycles. The smallest absolute Gasteiger partial charge is 0.000442 e. The Balaban J connectivity index is 2.61. The van der Waals surface area contributed by atoms with Crippen molar-refractivity contribution >= 4 is 0 Å². The Morgan fingerprint density at radius 2 is 0.818 bits per heavy atom. The molecule has 0 unspecified atom stereocenters. The zero-order chi connectivity index (χ0) is 7.78. The Labute approximate surface area is 67.1 Å². The van der Waals surface area contributed by atoms with Crippen molar-refractivity contribution in [1.82, 2.24) is 5.32 Å². The molecule has 0 amide bonds. The molecule has 0 radical (unpaired) electrons. The minimum Gasteiger partial charge on any atom is -0.368 e. The highest BCUT2D eigenvalue weighted by atomic mass is 14.8. The topological polar surface area (TPSA) is 12.0 Å². The van der Waals surface area contributed by atoms with Crippen molar-refractivity contribution in [3.8, 4) is 0 Å². The van der Waals surface area contributed by atoms with Gasteiger partial charge in [0, 0.05) is 12.4 Å². The summed E-state index contributed by atoms with van der Waals surface area (Å²) in [6.45, 7) is 0. The van der Waals surface area contributed by atoms with E-state index in [1.165, 1.54) is 0 Å². The zero-order valence-corrected chi connectivity index (χ0v) is 6.27. The van der Waals surface area contributed by atoms with Crippen LogP contribution in [0, 0.1) is 0 Å². The second-order valence-corrected chi connectivity index (χ2v) is 2.04. The lowest BCUT2D eigenvalue weighted by molar-refractivity contribution is 1.20. The second kappa shape index (κ2) is 5.30. The third-order valence-electron chi connectivity index (χ3n) is 1.16.